The van der Waals surface area contributed by atoms with Gasteiger partial charge >= 0.3 is 0 Å². The molecule has 0 amide bonds. The summed E-state index contributed by atoms with van der Waals surface area (Å²) in [5, 5.41) is 14.1. The van der Waals surface area contributed by atoms with Crippen molar-refractivity contribution in [3.05, 3.63) is 10.8 Å². The third kappa shape index (κ3) is 1.83. The van der Waals surface area contributed by atoms with Crippen LogP contribution in [0.4, 0.5) is 0 Å². The van der Waals surface area contributed by atoms with E-state index in [0.29, 0.717) is 5.92 Å². The van der Waals surface area contributed by atoms with Gasteiger partial charge in [-0.1, -0.05) is 31.1 Å². The van der Waals surface area contributed by atoms with Gasteiger partial charge in [0, 0.05) is 5.92 Å². The fourth-order valence-corrected chi connectivity index (χ4v) is 3.34. The molecular formula is C12H19N5S. The number of nitrogens with zero attached hydrogens (tertiary/aromatic N) is 4. The van der Waals surface area contributed by atoms with Gasteiger partial charge in [0.15, 0.2) is 5.82 Å². The van der Waals surface area contributed by atoms with Crippen LogP contribution in [0.1, 0.15) is 62.7 Å². The van der Waals surface area contributed by atoms with E-state index >= 15 is 0 Å². The summed E-state index contributed by atoms with van der Waals surface area (Å²) < 4.78 is 1.91. The molecule has 3 rings (SSSR count). The van der Waals surface area contributed by atoms with E-state index in [0.717, 1.165) is 28.6 Å². The summed E-state index contributed by atoms with van der Waals surface area (Å²) in [4.78, 5) is 0.875. The Kier molecular flexibility index (Phi) is 2.86. The van der Waals surface area contributed by atoms with Crippen molar-refractivity contribution in [1.29, 1.82) is 0 Å². The lowest BCUT2D eigenvalue weighted by atomic mass is 9.85. The monoisotopic (exact) mass is 265 g/mol. The molecule has 2 aromatic rings. The highest BCUT2D eigenvalue weighted by Gasteiger charge is 2.29. The number of fused-ring (bicyclic) bond motifs is 1. The Balaban J connectivity index is 1.98. The molecule has 2 aromatic heterocycles. The maximum Gasteiger partial charge on any atom is 0.234 e. The van der Waals surface area contributed by atoms with Gasteiger partial charge in [0.05, 0.1) is 5.54 Å². The number of nitrogens with two attached hydrogens (primary N) is 1. The third-order valence-electron chi connectivity index (χ3n) is 3.74. The number of hydrogen-bond acceptors (Lipinski definition) is 5. The van der Waals surface area contributed by atoms with Crippen LogP contribution in [0.25, 0.3) is 4.96 Å². The van der Waals surface area contributed by atoms with Crippen molar-refractivity contribution in [2.24, 2.45) is 5.73 Å². The van der Waals surface area contributed by atoms with Crippen molar-refractivity contribution in [1.82, 2.24) is 19.8 Å². The van der Waals surface area contributed by atoms with E-state index in [-0.39, 0.29) is 5.54 Å². The van der Waals surface area contributed by atoms with Crippen LogP contribution in [-0.2, 0) is 5.54 Å². The molecule has 1 fully saturated rings. The van der Waals surface area contributed by atoms with Crippen molar-refractivity contribution >= 4 is 16.3 Å². The number of hydrogen-bond donors (Lipinski definition) is 1. The Morgan fingerprint density at radius 3 is 2.83 bits per heavy atom. The van der Waals surface area contributed by atoms with Gasteiger partial charge < -0.3 is 5.73 Å². The first-order valence-corrected chi connectivity index (χ1v) is 7.45. The van der Waals surface area contributed by atoms with Crippen molar-refractivity contribution in [2.45, 2.75) is 57.4 Å². The second-order valence-electron chi connectivity index (χ2n) is 5.46. The summed E-state index contributed by atoms with van der Waals surface area (Å²) in [6, 6.07) is 0. The quantitative estimate of drug-likeness (QED) is 0.921. The lowest BCUT2D eigenvalue weighted by molar-refractivity contribution is 0.391. The molecule has 0 aromatic carbocycles. The van der Waals surface area contributed by atoms with Crippen LogP contribution in [0, 0.1) is 0 Å². The molecule has 5 nitrogen and oxygen atoms in total. The highest BCUT2D eigenvalue weighted by Crippen LogP contribution is 2.36. The smallest absolute Gasteiger partial charge is 0.234 e. The fraction of sp³-hybridized carbons (Fsp3) is 0.750. The normalized spacial score (nSPS) is 19.9. The molecule has 6 heteroatoms. The SMILES string of the molecule is CCCC(C)(N)c1nn2c(C3CCC3)nnc2s1. The van der Waals surface area contributed by atoms with Crippen LogP contribution >= 0.6 is 11.3 Å². The molecule has 0 aliphatic heterocycles. The lowest BCUT2D eigenvalue weighted by Gasteiger charge is -2.23. The molecule has 0 radical (unpaired) electrons. The van der Waals surface area contributed by atoms with Gasteiger partial charge in [0.2, 0.25) is 4.96 Å². The van der Waals surface area contributed by atoms with Crippen LogP contribution in [0.2, 0.25) is 0 Å². The molecule has 98 valence electrons. The molecule has 0 spiro atoms. The Morgan fingerprint density at radius 1 is 1.44 bits per heavy atom. The zero-order valence-electron chi connectivity index (χ0n) is 10.9. The molecule has 0 saturated heterocycles. The highest BCUT2D eigenvalue weighted by atomic mass is 32.1. The first-order chi connectivity index (χ1) is 8.62. The molecule has 1 unspecified atom stereocenters. The minimum atomic E-state index is -0.350. The predicted molar refractivity (Wildman–Crippen MR) is 71.7 cm³/mol. The summed E-state index contributed by atoms with van der Waals surface area (Å²) in [5.74, 6) is 1.57. The Bertz CT molecular complexity index is 552. The first-order valence-electron chi connectivity index (χ1n) is 6.63. The molecule has 18 heavy (non-hydrogen) atoms. The van der Waals surface area contributed by atoms with Gasteiger partial charge in [-0.3, -0.25) is 0 Å². The molecule has 0 bridgehead atoms. The summed E-state index contributed by atoms with van der Waals surface area (Å²) >= 11 is 1.57. The van der Waals surface area contributed by atoms with Gasteiger partial charge in [-0.15, -0.1) is 10.2 Å². The van der Waals surface area contributed by atoms with Gasteiger partial charge in [0.1, 0.15) is 5.01 Å². The first kappa shape index (κ1) is 12.0. The maximum atomic E-state index is 6.33. The van der Waals surface area contributed by atoms with Crippen LogP contribution < -0.4 is 5.73 Å². The molecule has 1 aliphatic carbocycles. The molecule has 2 heterocycles. The second kappa shape index (κ2) is 4.28. The molecule has 1 atom stereocenters. The topological polar surface area (TPSA) is 69.1 Å². The predicted octanol–water partition coefficient (Wildman–Crippen LogP) is 2.43. The van der Waals surface area contributed by atoms with Crippen LogP contribution in [0.5, 0.6) is 0 Å². The highest BCUT2D eigenvalue weighted by molar-refractivity contribution is 7.16. The molecular weight excluding hydrogens is 246 g/mol. The Hall–Kier alpha value is -1.01. The van der Waals surface area contributed by atoms with Gasteiger partial charge in [-0.25, -0.2) is 0 Å². The zero-order chi connectivity index (χ0) is 12.8. The lowest BCUT2D eigenvalue weighted by Crippen LogP contribution is -2.32. The average molecular weight is 265 g/mol. The summed E-state index contributed by atoms with van der Waals surface area (Å²) in [5.41, 5.74) is 5.98. The van der Waals surface area contributed by atoms with E-state index < -0.39 is 0 Å². The van der Waals surface area contributed by atoms with E-state index in [2.05, 4.69) is 22.2 Å². The van der Waals surface area contributed by atoms with E-state index in [1.807, 2.05) is 11.4 Å². The minimum absolute atomic E-state index is 0.350. The average Bonchev–Trinajstić information content (AvgIpc) is 2.77. The summed E-state index contributed by atoms with van der Waals surface area (Å²) in [6.07, 6.45) is 5.71. The second-order valence-corrected chi connectivity index (χ2v) is 6.41. The summed E-state index contributed by atoms with van der Waals surface area (Å²) in [6.45, 7) is 4.19. The van der Waals surface area contributed by atoms with E-state index in [1.165, 1.54) is 19.3 Å². The van der Waals surface area contributed by atoms with Crippen molar-refractivity contribution in [2.75, 3.05) is 0 Å². The third-order valence-corrected chi connectivity index (χ3v) is 4.92. The van der Waals surface area contributed by atoms with E-state index in [4.69, 9.17) is 5.73 Å². The van der Waals surface area contributed by atoms with Gasteiger partial charge in [-0.05, 0) is 26.2 Å². The molecule has 1 saturated carbocycles. The van der Waals surface area contributed by atoms with Crippen LogP contribution in [-0.4, -0.2) is 19.8 Å². The van der Waals surface area contributed by atoms with Crippen molar-refractivity contribution in [3.63, 3.8) is 0 Å². The molecule has 1 aliphatic rings. The maximum absolute atomic E-state index is 6.33. The Morgan fingerprint density at radius 2 is 2.22 bits per heavy atom. The summed E-state index contributed by atoms with van der Waals surface area (Å²) in [7, 11) is 0. The van der Waals surface area contributed by atoms with Crippen molar-refractivity contribution in [3.8, 4) is 0 Å². The van der Waals surface area contributed by atoms with Crippen LogP contribution in [0.3, 0.4) is 0 Å². The molecule has 2 N–H and O–H groups in total. The van der Waals surface area contributed by atoms with Crippen LogP contribution in [0.15, 0.2) is 0 Å². The number of rotatable bonds is 4. The van der Waals surface area contributed by atoms with E-state index in [1.54, 1.807) is 11.3 Å². The van der Waals surface area contributed by atoms with E-state index in [9.17, 15) is 0 Å². The minimum Gasteiger partial charge on any atom is -0.320 e. The largest absolute Gasteiger partial charge is 0.320 e. The number of aromatic nitrogens is 4. The van der Waals surface area contributed by atoms with Gasteiger partial charge in [0.25, 0.3) is 0 Å². The van der Waals surface area contributed by atoms with Gasteiger partial charge in [-0.2, -0.15) is 9.61 Å². The van der Waals surface area contributed by atoms with Crippen molar-refractivity contribution < 1.29 is 0 Å². The standard InChI is InChI=1S/C12H19N5S/c1-3-7-12(2,13)10-16-17-9(8-5-4-6-8)14-15-11(17)18-10/h8H,3-7,13H2,1-2H3. The fourth-order valence-electron chi connectivity index (χ4n) is 2.41. The zero-order valence-corrected chi connectivity index (χ0v) is 11.7. The Labute approximate surface area is 110 Å².